The van der Waals surface area contributed by atoms with Crippen molar-refractivity contribution in [1.29, 1.82) is 0 Å². The fourth-order valence-corrected chi connectivity index (χ4v) is 2.92. The van der Waals surface area contributed by atoms with Gasteiger partial charge in [-0.15, -0.1) is 0 Å². The Morgan fingerprint density at radius 3 is 2.44 bits per heavy atom. The van der Waals surface area contributed by atoms with E-state index in [1.165, 1.54) is 19.1 Å². The number of halogens is 3. The van der Waals surface area contributed by atoms with Crippen LogP contribution < -0.4 is 10.1 Å². The van der Waals surface area contributed by atoms with E-state index < -0.39 is 17.6 Å². The van der Waals surface area contributed by atoms with E-state index in [4.69, 9.17) is 4.74 Å². The first-order valence-corrected chi connectivity index (χ1v) is 10.0. The minimum Gasteiger partial charge on any atom is -0.457 e. The highest BCUT2D eigenvalue weighted by atomic mass is 19.4. The topological polar surface area (TPSA) is 50.7 Å². The number of rotatable bonds is 5. The predicted octanol–water partition coefficient (Wildman–Crippen LogP) is 7.16. The van der Waals surface area contributed by atoms with Crippen molar-refractivity contribution >= 4 is 23.0 Å². The summed E-state index contributed by atoms with van der Waals surface area (Å²) in [5.41, 5.74) is 0.155. The number of carbonyl (C=O) groups is 1. The summed E-state index contributed by atoms with van der Waals surface area (Å²) in [4.78, 5) is 16.7. The van der Waals surface area contributed by atoms with Crippen LogP contribution >= 0.6 is 0 Å². The van der Waals surface area contributed by atoms with E-state index in [9.17, 15) is 18.0 Å². The molecule has 1 aliphatic rings. The first-order valence-electron chi connectivity index (χ1n) is 10.0. The van der Waals surface area contributed by atoms with Gasteiger partial charge >= 0.3 is 6.18 Å². The third-order valence-electron chi connectivity index (χ3n) is 4.37. The van der Waals surface area contributed by atoms with Crippen LogP contribution in [-0.4, -0.2) is 11.6 Å². The molecule has 0 atom stereocenters. The van der Waals surface area contributed by atoms with Crippen LogP contribution in [0.3, 0.4) is 0 Å². The number of aliphatic imine (C=N–C) groups is 1. The van der Waals surface area contributed by atoms with Gasteiger partial charge in [-0.2, -0.15) is 13.2 Å². The normalized spacial score (nSPS) is 13.5. The molecule has 0 radical (unpaired) electrons. The molecular formula is C25H25F3N2O2. The molecule has 1 aliphatic heterocycles. The van der Waals surface area contributed by atoms with E-state index in [0.717, 1.165) is 6.07 Å². The Kier molecular flexibility index (Phi) is 8.18. The van der Waals surface area contributed by atoms with Gasteiger partial charge in [0, 0.05) is 0 Å². The molecular weight excluding hydrogens is 417 g/mol. The zero-order valence-electron chi connectivity index (χ0n) is 18.2. The Balaban J connectivity index is 0.00000176. The highest BCUT2D eigenvalue weighted by molar-refractivity contribution is 6.17. The second-order valence-corrected chi connectivity index (χ2v) is 6.66. The van der Waals surface area contributed by atoms with Crippen LogP contribution in [-0.2, 0) is 11.0 Å². The molecule has 32 heavy (non-hydrogen) atoms. The molecule has 1 amide bonds. The van der Waals surface area contributed by atoms with E-state index in [1.54, 1.807) is 18.2 Å². The van der Waals surface area contributed by atoms with E-state index in [1.807, 2.05) is 32.0 Å². The Labute approximate surface area is 185 Å². The van der Waals surface area contributed by atoms with Gasteiger partial charge in [-0.3, -0.25) is 9.79 Å². The van der Waals surface area contributed by atoms with Gasteiger partial charge in [0.2, 0.25) is 5.91 Å². The van der Waals surface area contributed by atoms with E-state index in [2.05, 4.69) is 23.5 Å². The molecule has 0 aromatic heterocycles. The van der Waals surface area contributed by atoms with Gasteiger partial charge in [-0.1, -0.05) is 45.2 Å². The fourth-order valence-electron chi connectivity index (χ4n) is 2.92. The quantitative estimate of drug-likeness (QED) is 0.395. The van der Waals surface area contributed by atoms with Gasteiger partial charge < -0.3 is 10.1 Å². The highest BCUT2D eigenvalue weighted by Gasteiger charge is 2.34. The second kappa shape index (κ2) is 10.6. The molecule has 1 N–H and O–H groups in total. The van der Waals surface area contributed by atoms with E-state index in [0.29, 0.717) is 22.8 Å². The lowest BCUT2D eigenvalue weighted by Crippen LogP contribution is -2.16. The number of ether oxygens (including phenoxy) is 1. The summed E-state index contributed by atoms with van der Waals surface area (Å²) in [5.74, 6) is 0.503. The van der Waals surface area contributed by atoms with Crippen molar-refractivity contribution in [3.05, 3.63) is 90.2 Å². The molecule has 3 rings (SSSR count). The third-order valence-corrected chi connectivity index (χ3v) is 4.37. The molecule has 7 heteroatoms. The minimum atomic E-state index is -4.53. The van der Waals surface area contributed by atoms with Crippen molar-refractivity contribution in [2.24, 2.45) is 4.99 Å². The van der Waals surface area contributed by atoms with Crippen molar-refractivity contribution in [3.8, 4) is 5.75 Å². The number of hydrogen-bond donors (Lipinski definition) is 1. The Morgan fingerprint density at radius 2 is 1.84 bits per heavy atom. The molecule has 2 aromatic rings. The van der Waals surface area contributed by atoms with Gasteiger partial charge in [0.1, 0.15) is 11.5 Å². The van der Waals surface area contributed by atoms with Crippen LogP contribution in [0.4, 0.5) is 24.5 Å². The highest BCUT2D eigenvalue weighted by Crippen LogP contribution is 2.39. The Hall–Kier alpha value is -3.61. The van der Waals surface area contributed by atoms with Crippen molar-refractivity contribution < 1.29 is 22.7 Å². The maximum absolute atomic E-state index is 13.2. The van der Waals surface area contributed by atoms with E-state index in [-0.39, 0.29) is 23.4 Å². The standard InChI is InChI=1S/C23H19F3N2O2.C2H6/c1-4-16(30-17-8-6-5-7-9-17)10-15(3)19-13-22(29)28-21-12-18(23(24,25)26)14(2)11-20(21)27-19;1-2/h4-12H,1,3,13H2,2H3,(H,28,29);1-2H3/b16-10+;. The van der Waals surface area contributed by atoms with Crippen molar-refractivity contribution in [2.45, 2.75) is 33.4 Å². The van der Waals surface area contributed by atoms with Gasteiger partial charge in [-0.25, -0.2) is 0 Å². The molecule has 0 unspecified atom stereocenters. The monoisotopic (exact) mass is 442 g/mol. The molecule has 0 saturated carbocycles. The SMILES string of the molecule is C=C/C(=C\C(=C)C1=Nc2cc(C)c(C(F)(F)F)cc2NC(=O)C1)Oc1ccccc1.CC. The largest absolute Gasteiger partial charge is 0.457 e. The summed E-state index contributed by atoms with van der Waals surface area (Å²) >= 11 is 0. The maximum atomic E-state index is 13.2. The average Bonchev–Trinajstić information content (AvgIpc) is 2.91. The molecule has 168 valence electrons. The van der Waals surface area contributed by atoms with Crippen LogP contribution in [0.5, 0.6) is 5.75 Å². The lowest BCUT2D eigenvalue weighted by molar-refractivity contribution is -0.138. The summed E-state index contributed by atoms with van der Waals surface area (Å²) in [6, 6.07) is 11.2. The number of amides is 1. The van der Waals surface area contributed by atoms with Crippen LogP contribution in [0.25, 0.3) is 0 Å². The summed E-state index contributed by atoms with van der Waals surface area (Å²) in [6.07, 6.45) is -1.60. The van der Waals surface area contributed by atoms with Crippen molar-refractivity contribution in [3.63, 3.8) is 0 Å². The van der Waals surface area contributed by atoms with E-state index >= 15 is 0 Å². The van der Waals surface area contributed by atoms with Gasteiger partial charge in [0.15, 0.2) is 0 Å². The molecule has 0 saturated heterocycles. The summed E-state index contributed by atoms with van der Waals surface area (Å²) in [6.45, 7) is 13.0. The molecule has 0 fully saturated rings. The molecule has 0 spiro atoms. The zero-order chi connectivity index (χ0) is 23.9. The summed E-state index contributed by atoms with van der Waals surface area (Å²) in [7, 11) is 0. The van der Waals surface area contributed by atoms with Crippen LogP contribution in [0.2, 0.25) is 0 Å². The van der Waals surface area contributed by atoms with Gasteiger partial charge in [0.25, 0.3) is 0 Å². The summed E-state index contributed by atoms with van der Waals surface area (Å²) < 4.78 is 45.3. The summed E-state index contributed by atoms with van der Waals surface area (Å²) in [5, 5.41) is 2.49. The lowest BCUT2D eigenvalue weighted by Gasteiger charge is -2.13. The molecule has 2 aromatic carbocycles. The number of alkyl halides is 3. The number of aryl methyl sites for hydroxylation is 1. The molecule has 4 nitrogen and oxygen atoms in total. The Bertz CT molecular complexity index is 1070. The smallest absolute Gasteiger partial charge is 0.416 e. The number of nitrogens with one attached hydrogen (secondary N) is 1. The number of nitrogens with zero attached hydrogens (tertiary/aromatic N) is 1. The van der Waals surface area contributed by atoms with Gasteiger partial charge in [0.05, 0.1) is 29.1 Å². The third kappa shape index (κ3) is 6.20. The van der Waals surface area contributed by atoms with Gasteiger partial charge in [-0.05, 0) is 54.5 Å². The first kappa shape index (κ1) is 24.7. The Morgan fingerprint density at radius 1 is 1.19 bits per heavy atom. The number of fused-ring (bicyclic) bond motifs is 1. The van der Waals surface area contributed by atoms with Crippen LogP contribution in [0.15, 0.2) is 84.1 Å². The minimum absolute atomic E-state index is 0.00850. The maximum Gasteiger partial charge on any atom is 0.416 e. The lowest BCUT2D eigenvalue weighted by atomic mass is 10.1. The number of benzene rings is 2. The zero-order valence-corrected chi connectivity index (χ0v) is 18.2. The number of para-hydroxylation sites is 1. The second-order valence-electron chi connectivity index (χ2n) is 6.66. The van der Waals surface area contributed by atoms with Crippen LogP contribution in [0.1, 0.15) is 31.4 Å². The van der Waals surface area contributed by atoms with Crippen LogP contribution in [0, 0.1) is 6.92 Å². The molecule has 1 heterocycles. The number of anilines is 1. The fraction of sp³-hybridized carbons (Fsp3) is 0.200. The number of hydrogen-bond acceptors (Lipinski definition) is 3. The molecule has 0 bridgehead atoms. The first-order chi connectivity index (χ1) is 15.2. The number of allylic oxidation sites excluding steroid dienone is 3. The van der Waals surface area contributed by atoms with Crippen molar-refractivity contribution in [1.82, 2.24) is 0 Å². The molecule has 0 aliphatic carbocycles. The number of carbonyl (C=O) groups excluding carboxylic acids is 1. The van der Waals surface area contributed by atoms with Crippen molar-refractivity contribution in [2.75, 3.05) is 5.32 Å². The predicted molar refractivity (Wildman–Crippen MR) is 122 cm³/mol. The average molecular weight is 442 g/mol.